The molecule has 2 aromatic rings. The van der Waals surface area contributed by atoms with Crippen LogP contribution in [0.15, 0.2) is 35.5 Å². The molecule has 9 heteroatoms. The molecule has 0 spiro atoms. The lowest BCUT2D eigenvalue weighted by molar-refractivity contribution is -0.127. The van der Waals surface area contributed by atoms with Crippen molar-refractivity contribution in [2.45, 2.75) is 18.0 Å². The first kappa shape index (κ1) is 18.0. The summed E-state index contributed by atoms with van der Waals surface area (Å²) in [7, 11) is 1.53. The number of thioether (sulfide) groups is 1. The fraction of sp³-hybridized carbons (Fsp3) is 0.286. The Morgan fingerprint density at radius 1 is 1.43 bits per heavy atom. The summed E-state index contributed by atoms with van der Waals surface area (Å²) in [5, 5.41) is 1.03. The molecule has 23 heavy (non-hydrogen) atoms. The molecular formula is C14H13Cl2F2N3OS. The second-order valence-corrected chi connectivity index (χ2v) is 6.50. The summed E-state index contributed by atoms with van der Waals surface area (Å²) in [6.45, 7) is -2.68. The van der Waals surface area contributed by atoms with Crippen molar-refractivity contribution < 1.29 is 13.6 Å². The Bertz CT molecular complexity index is 696. The molecule has 1 heterocycles. The van der Waals surface area contributed by atoms with Crippen molar-refractivity contribution in [1.29, 1.82) is 0 Å². The van der Waals surface area contributed by atoms with E-state index in [1.165, 1.54) is 36.1 Å². The number of imidazole rings is 1. The van der Waals surface area contributed by atoms with Gasteiger partial charge in [0.25, 0.3) is 0 Å². The molecule has 0 bridgehead atoms. The van der Waals surface area contributed by atoms with Gasteiger partial charge in [-0.2, -0.15) is 8.78 Å². The van der Waals surface area contributed by atoms with Gasteiger partial charge in [-0.1, -0.05) is 23.2 Å². The van der Waals surface area contributed by atoms with Crippen molar-refractivity contribution in [3.05, 3.63) is 46.5 Å². The van der Waals surface area contributed by atoms with E-state index in [4.69, 9.17) is 23.2 Å². The van der Waals surface area contributed by atoms with Crippen LogP contribution in [0.5, 0.6) is 0 Å². The van der Waals surface area contributed by atoms with E-state index in [9.17, 15) is 13.6 Å². The van der Waals surface area contributed by atoms with Gasteiger partial charge in [0.15, 0.2) is 0 Å². The van der Waals surface area contributed by atoms with Crippen LogP contribution in [0.2, 0.25) is 10.0 Å². The van der Waals surface area contributed by atoms with E-state index in [0.717, 1.165) is 4.57 Å². The fourth-order valence-corrected chi connectivity index (χ4v) is 3.22. The SMILES string of the molecule is CN(Cc1nccn1C(F)F)C(=O)CSc1cc(Cl)ccc1Cl. The number of nitrogens with zero attached hydrogens (tertiary/aromatic N) is 3. The maximum Gasteiger partial charge on any atom is 0.319 e. The predicted molar refractivity (Wildman–Crippen MR) is 87.1 cm³/mol. The zero-order valence-corrected chi connectivity index (χ0v) is 14.4. The van der Waals surface area contributed by atoms with E-state index >= 15 is 0 Å². The van der Waals surface area contributed by atoms with Gasteiger partial charge in [0.1, 0.15) is 5.82 Å². The van der Waals surface area contributed by atoms with Gasteiger partial charge in [-0.15, -0.1) is 11.8 Å². The minimum absolute atomic E-state index is 0.0000112. The molecule has 1 amide bonds. The third-order valence-electron chi connectivity index (χ3n) is 3.01. The van der Waals surface area contributed by atoms with Crippen LogP contribution in [0.1, 0.15) is 12.4 Å². The topological polar surface area (TPSA) is 38.1 Å². The van der Waals surface area contributed by atoms with Crippen LogP contribution >= 0.6 is 35.0 Å². The number of hydrogen-bond donors (Lipinski definition) is 0. The number of amides is 1. The molecule has 4 nitrogen and oxygen atoms in total. The largest absolute Gasteiger partial charge is 0.338 e. The van der Waals surface area contributed by atoms with Crippen molar-refractivity contribution >= 4 is 40.9 Å². The Balaban J connectivity index is 1.95. The maximum atomic E-state index is 12.8. The molecule has 2 rings (SSSR count). The van der Waals surface area contributed by atoms with Crippen LogP contribution in [-0.4, -0.2) is 33.2 Å². The second-order valence-electron chi connectivity index (χ2n) is 4.64. The highest BCUT2D eigenvalue weighted by molar-refractivity contribution is 8.00. The highest BCUT2D eigenvalue weighted by atomic mass is 35.5. The third kappa shape index (κ3) is 4.83. The number of benzene rings is 1. The van der Waals surface area contributed by atoms with Crippen molar-refractivity contribution in [1.82, 2.24) is 14.5 Å². The summed E-state index contributed by atoms with van der Waals surface area (Å²) in [6.07, 6.45) is 2.46. The lowest BCUT2D eigenvalue weighted by Crippen LogP contribution is -2.29. The molecule has 0 atom stereocenters. The summed E-state index contributed by atoms with van der Waals surface area (Å²) in [5.41, 5.74) is 0. The number of alkyl halides is 2. The molecule has 0 unspecified atom stereocenters. The van der Waals surface area contributed by atoms with E-state index in [-0.39, 0.29) is 24.0 Å². The van der Waals surface area contributed by atoms with Crippen molar-refractivity contribution in [3.63, 3.8) is 0 Å². The lowest BCUT2D eigenvalue weighted by atomic mass is 10.4. The highest BCUT2D eigenvalue weighted by Gasteiger charge is 2.16. The molecule has 1 aromatic carbocycles. The minimum atomic E-state index is -2.68. The molecule has 0 saturated heterocycles. The van der Waals surface area contributed by atoms with Crippen LogP contribution in [0, 0.1) is 0 Å². The number of aromatic nitrogens is 2. The highest BCUT2D eigenvalue weighted by Crippen LogP contribution is 2.30. The van der Waals surface area contributed by atoms with Crippen LogP contribution < -0.4 is 0 Å². The first-order valence-electron chi connectivity index (χ1n) is 6.50. The molecule has 0 aliphatic rings. The van der Waals surface area contributed by atoms with E-state index < -0.39 is 6.55 Å². The zero-order valence-electron chi connectivity index (χ0n) is 12.0. The van der Waals surface area contributed by atoms with Gasteiger partial charge in [-0.3, -0.25) is 9.36 Å². The van der Waals surface area contributed by atoms with Crippen LogP contribution in [0.25, 0.3) is 0 Å². The Morgan fingerprint density at radius 2 is 2.17 bits per heavy atom. The van der Waals surface area contributed by atoms with Gasteiger partial charge in [0, 0.05) is 29.4 Å². The first-order chi connectivity index (χ1) is 10.9. The summed E-state index contributed by atoms with van der Waals surface area (Å²) >= 11 is 13.2. The smallest absolute Gasteiger partial charge is 0.319 e. The summed E-state index contributed by atoms with van der Waals surface area (Å²) < 4.78 is 26.2. The number of halogens is 4. The molecule has 0 aliphatic carbocycles. The minimum Gasteiger partial charge on any atom is -0.338 e. The van der Waals surface area contributed by atoms with Crippen LogP contribution in [0.3, 0.4) is 0 Å². The monoisotopic (exact) mass is 379 g/mol. The summed E-state index contributed by atoms with van der Waals surface area (Å²) in [5.74, 6) is 0.0165. The normalized spacial score (nSPS) is 11.0. The fourth-order valence-electron chi connectivity index (χ4n) is 1.78. The van der Waals surface area contributed by atoms with Crippen LogP contribution in [-0.2, 0) is 11.3 Å². The molecule has 0 N–H and O–H groups in total. The molecular weight excluding hydrogens is 367 g/mol. The van der Waals surface area contributed by atoms with Crippen molar-refractivity contribution in [2.24, 2.45) is 0 Å². The predicted octanol–water partition coefficient (Wildman–Crippen LogP) is 4.34. The van der Waals surface area contributed by atoms with Gasteiger partial charge in [0.2, 0.25) is 5.91 Å². The molecule has 124 valence electrons. The summed E-state index contributed by atoms with van der Waals surface area (Å²) in [4.78, 5) is 18.0. The van der Waals surface area contributed by atoms with Gasteiger partial charge < -0.3 is 4.90 Å². The molecule has 0 fully saturated rings. The third-order valence-corrected chi connectivity index (χ3v) is 4.72. The maximum absolute atomic E-state index is 12.8. The van der Waals surface area contributed by atoms with E-state index in [0.29, 0.717) is 14.9 Å². The number of carbonyl (C=O) groups is 1. The Morgan fingerprint density at radius 3 is 2.87 bits per heavy atom. The lowest BCUT2D eigenvalue weighted by Gasteiger charge is -2.17. The standard InChI is InChI=1S/C14H13Cl2F2N3OS/c1-20(7-12-19-4-5-21(12)14(17)18)13(22)8-23-11-6-9(15)2-3-10(11)16/h2-6,14H,7-8H2,1H3. The van der Waals surface area contributed by atoms with Gasteiger partial charge >= 0.3 is 6.55 Å². The molecule has 0 saturated carbocycles. The second kappa shape index (κ2) is 7.99. The van der Waals surface area contributed by atoms with Crippen molar-refractivity contribution in [3.8, 4) is 0 Å². The van der Waals surface area contributed by atoms with Crippen molar-refractivity contribution in [2.75, 3.05) is 12.8 Å². The zero-order chi connectivity index (χ0) is 17.0. The van der Waals surface area contributed by atoms with E-state index in [2.05, 4.69) is 4.98 Å². The first-order valence-corrected chi connectivity index (χ1v) is 8.24. The number of carbonyl (C=O) groups excluding carboxylic acids is 1. The Kier molecular flexibility index (Phi) is 6.26. The summed E-state index contributed by atoms with van der Waals surface area (Å²) in [6, 6.07) is 4.98. The number of hydrogen-bond acceptors (Lipinski definition) is 3. The molecule has 0 aliphatic heterocycles. The quantitative estimate of drug-likeness (QED) is 0.700. The average molecular weight is 380 g/mol. The molecule has 0 radical (unpaired) electrons. The molecule has 1 aromatic heterocycles. The number of rotatable bonds is 6. The van der Waals surface area contributed by atoms with E-state index in [1.54, 1.807) is 18.2 Å². The average Bonchev–Trinajstić information content (AvgIpc) is 2.96. The Hall–Kier alpha value is -1.31. The van der Waals surface area contributed by atoms with Gasteiger partial charge in [-0.25, -0.2) is 4.98 Å². The van der Waals surface area contributed by atoms with Gasteiger partial charge in [-0.05, 0) is 18.2 Å². The van der Waals surface area contributed by atoms with Crippen LogP contribution in [0.4, 0.5) is 8.78 Å². The Labute approximate surface area is 146 Å². The van der Waals surface area contributed by atoms with Gasteiger partial charge in [0.05, 0.1) is 17.3 Å². The van der Waals surface area contributed by atoms with E-state index in [1.807, 2.05) is 0 Å².